The number of alkyl halides is 3. The maximum Gasteiger partial charge on any atom is 0.416 e. The van der Waals surface area contributed by atoms with Gasteiger partial charge in [0.1, 0.15) is 0 Å². The fraction of sp³-hybridized carbons (Fsp3) is 0.0714. The number of aromatic nitrogens is 2. The van der Waals surface area contributed by atoms with Crippen LogP contribution in [0.1, 0.15) is 5.56 Å². The first-order chi connectivity index (χ1) is 12.1. The van der Waals surface area contributed by atoms with Crippen LogP contribution in [0.2, 0.25) is 0 Å². The van der Waals surface area contributed by atoms with E-state index in [0.29, 0.717) is 6.07 Å². The minimum atomic E-state index is -4.60. The van der Waals surface area contributed by atoms with Crippen molar-refractivity contribution in [1.29, 1.82) is 0 Å². The fourth-order valence-corrected chi connectivity index (χ4v) is 3.64. The third-order valence-electron chi connectivity index (χ3n) is 3.35. The van der Waals surface area contributed by atoms with Crippen molar-refractivity contribution in [3.8, 4) is 0 Å². The Morgan fingerprint density at radius 2 is 1.88 bits per heavy atom. The zero-order valence-electron chi connectivity index (χ0n) is 12.6. The lowest BCUT2D eigenvalue weighted by Crippen LogP contribution is -2.14. The maximum absolute atomic E-state index is 12.7. The van der Waals surface area contributed by atoms with E-state index in [-0.39, 0.29) is 26.8 Å². The molecule has 3 aromatic rings. The number of aromatic amines is 1. The molecule has 0 radical (unpaired) electrons. The first-order valence-corrected chi connectivity index (χ1v) is 9.46. The van der Waals surface area contributed by atoms with Gasteiger partial charge in [0, 0.05) is 5.69 Å². The SMILES string of the molecule is O=S(O)c1nc2ccc(S(=O)(=O)Nc3cccc(C(F)(F)F)c3)cc2[nH]1. The predicted molar refractivity (Wildman–Crippen MR) is 87.4 cm³/mol. The van der Waals surface area contributed by atoms with Gasteiger partial charge in [-0.3, -0.25) is 9.27 Å². The Morgan fingerprint density at radius 1 is 1.15 bits per heavy atom. The Balaban J connectivity index is 1.95. The molecule has 0 spiro atoms. The molecule has 0 aliphatic heterocycles. The van der Waals surface area contributed by atoms with Gasteiger partial charge >= 0.3 is 6.18 Å². The highest BCUT2D eigenvalue weighted by molar-refractivity contribution is 7.92. The Bertz CT molecular complexity index is 1110. The molecule has 1 heterocycles. The number of hydrogen-bond acceptors (Lipinski definition) is 4. The third-order valence-corrected chi connectivity index (χ3v) is 5.25. The summed E-state index contributed by atoms with van der Waals surface area (Å²) in [5.41, 5.74) is -0.784. The van der Waals surface area contributed by atoms with Crippen LogP contribution in [0, 0.1) is 0 Å². The van der Waals surface area contributed by atoms with Crippen LogP contribution in [-0.2, 0) is 27.3 Å². The lowest BCUT2D eigenvalue weighted by atomic mass is 10.2. The summed E-state index contributed by atoms with van der Waals surface area (Å²) >= 11 is -2.37. The van der Waals surface area contributed by atoms with Gasteiger partial charge in [-0.25, -0.2) is 17.6 Å². The van der Waals surface area contributed by atoms with Crippen molar-refractivity contribution in [2.45, 2.75) is 16.2 Å². The van der Waals surface area contributed by atoms with Gasteiger partial charge in [-0.1, -0.05) is 6.07 Å². The lowest BCUT2D eigenvalue weighted by Gasteiger charge is -2.11. The third kappa shape index (κ3) is 3.71. The molecule has 0 aliphatic rings. The summed E-state index contributed by atoms with van der Waals surface area (Å²) in [6.45, 7) is 0. The van der Waals surface area contributed by atoms with Crippen molar-refractivity contribution in [3.05, 3.63) is 48.0 Å². The topological polar surface area (TPSA) is 112 Å². The number of imidazole rings is 1. The summed E-state index contributed by atoms with van der Waals surface area (Å²) in [7, 11) is -4.18. The van der Waals surface area contributed by atoms with Crippen LogP contribution < -0.4 is 4.72 Å². The molecule has 0 saturated carbocycles. The molecule has 3 N–H and O–H groups in total. The predicted octanol–water partition coefficient (Wildman–Crippen LogP) is 2.96. The first kappa shape index (κ1) is 18.4. The van der Waals surface area contributed by atoms with Gasteiger partial charge in [0.2, 0.25) is 16.2 Å². The monoisotopic (exact) mass is 405 g/mol. The number of hydrogen-bond donors (Lipinski definition) is 3. The molecular formula is C14H10F3N3O4S2. The summed E-state index contributed by atoms with van der Waals surface area (Å²) < 4.78 is 85.1. The molecule has 1 unspecified atom stereocenters. The van der Waals surface area contributed by atoms with Crippen LogP contribution in [0.25, 0.3) is 11.0 Å². The van der Waals surface area contributed by atoms with Crippen molar-refractivity contribution in [3.63, 3.8) is 0 Å². The Labute approximate surface area is 147 Å². The Kier molecular flexibility index (Phi) is 4.50. The molecule has 0 bridgehead atoms. The van der Waals surface area contributed by atoms with Gasteiger partial charge in [0.25, 0.3) is 10.0 Å². The largest absolute Gasteiger partial charge is 0.416 e. The molecule has 26 heavy (non-hydrogen) atoms. The fourth-order valence-electron chi connectivity index (χ4n) is 2.19. The number of H-pyrrole nitrogens is 1. The highest BCUT2D eigenvalue weighted by Gasteiger charge is 2.30. The van der Waals surface area contributed by atoms with E-state index in [4.69, 9.17) is 4.55 Å². The number of fused-ring (bicyclic) bond motifs is 1. The van der Waals surface area contributed by atoms with Crippen LogP contribution in [0.4, 0.5) is 18.9 Å². The number of benzene rings is 2. The maximum atomic E-state index is 12.7. The Morgan fingerprint density at radius 3 is 2.54 bits per heavy atom. The second-order valence-corrected chi connectivity index (χ2v) is 7.72. The van der Waals surface area contributed by atoms with Crippen molar-refractivity contribution in [2.24, 2.45) is 0 Å². The number of nitrogens with zero attached hydrogens (tertiary/aromatic N) is 1. The standard InChI is InChI=1S/C14H10F3N3O4S2/c15-14(16,17)8-2-1-3-9(6-8)20-26(23,24)10-4-5-11-12(7-10)19-13(18-11)25(21)22/h1-7,20H,(H,18,19)(H,21,22). The van der Waals surface area contributed by atoms with E-state index < -0.39 is 32.8 Å². The highest BCUT2D eigenvalue weighted by Crippen LogP contribution is 2.31. The van der Waals surface area contributed by atoms with Crippen LogP contribution in [0.3, 0.4) is 0 Å². The van der Waals surface area contributed by atoms with Gasteiger partial charge in [-0.15, -0.1) is 0 Å². The van der Waals surface area contributed by atoms with E-state index in [1.54, 1.807) is 0 Å². The van der Waals surface area contributed by atoms with E-state index in [0.717, 1.165) is 18.2 Å². The molecule has 2 aromatic carbocycles. The van der Waals surface area contributed by atoms with Crippen molar-refractivity contribution >= 4 is 37.8 Å². The molecular weight excluding hydrogens is 395 g/mol. The summed E-state index contributed by atoms with van der Waals surface area (Å²) in [6.07, 6.45) is -4.60. The molecule has 12 heteroatoms. The van der Waals surface area contributed by atoms with Crippen molar-refractivity contribution in [1.82, 2.24) is 9.97 Å². The van der Waals surface area contributed by atoms with E-state index in [9.17, 15) is 25.8 Å². The second-order valence-electron chi connectivity index (χ2n) is 5.15. The summed E-state index contributed by atoms with van der Waals surface area (Å²) in [5, 5.41) is -0.250. The molecule has 0 amide bonds. The molecule has 3 rings (SSSR count). The zero-order valence-corrected chi connectivity index (χ0v) is 14.2. The van der Waals surface area contributed by atoms with Gasteiger partial charge in [-0.05, 0) is 36.4 Å². The molecule has 0 aliphatic carbocycles. The molecule has 7 nitrogen and oxygen atoms in total. The minimum absolute atomic E-state index is 0.189. The first-order valence-electron chi connectivity index (χ1n) is 6.87. The summed E-state index contributed by atoms with van der Waals surface area (Å²) in [4.78, 5) is 6.06. The molecule has 1 aromatic heterocycles. The van der Waals surface area contributed by atoms with E-state index in [2.05, 4.69) is 14.7 Å². The average Bonchev–Trinajstić information content (AvgIpc) is 2.97. The quantitative estimate of drug-likeness (QED) is 0.578. The van der Waals surface area contributed by atoms with E-state index in [1.165, 1.54) is 18.2 Å². The highest BCUT2D eigenvalue weighted by atomic mass is 32.2. The summed E-state index contributed by atoms with van der Waals surface area (Å²) in [5.74, 6) is 0. The molecule has 138 valence electrons. The zero-order chi connectivity index (χ0) is 19.1. The van der Waals surface area contributed by atoms with E-state index in [1.807, 2.05) is 0 Å². The average molecular weight is 405 g/mol. The lowest BCUT2D eigenvalue weighted by molar-refractivity contribution is -0.137. The van der Waals surface area contributed by atoms with Crippen LogP contribution in [-0.4, -0.2) is 27.1 Å². The van der Waals surface area contributed by atoms with Crippen molar-refractivity contribution in [2.75, 3.05) is 4.72 Å². The summed E-state index contributed by atoms with van der Waals surface area (Å²) in [6, 6.07) is 7.43. The number of nitrogens with one attached hydrogen (secondary N) is 2. The molecule has 1 atom stereocenters. The smallest absolute Gasteiger partial charge is 0.329 e. The second kappa shape index (κ2) is 6.37. The number of halogens is 3. The van der Waals surface area contributed by atoms with Gasteiger partial charge in [0.05, 0.1) is 21.5 Å². The number of rotatable bonds is 4. The van der Waals surface area contributed by atoms with Crippen molar-refractivity contribution < 1.29 is 30.4 Å². The molecule has 0 saturated heterocycles. The Hall–Kier alpha value is -2.44. The van der Waals surface area contributed by atoms with Gasteiger partial charge in [-0.2, -0.15) is 13.2 Å². The van der Waals surface area contributed by atoms with Crippen LogP contribution in [0.5, 0.6) is 0 Å². The number of sulfonamides is 1. The van der Waals surface area contributed by atoms with Gasteiger partial charge < -0.3 is 4.98 Å². The molecule has 0 fully saturated rings. The number of anilines is 1. The van der Waals surface area contributed by atoms with Crippen LogP contribution in [0.15, 0.2) is 52.5 Å². The van der Waals surface area contributed by atoms with E-state index >= 15 is 0 Å². The normalized spacial score (nSPS) is 13.7. The van der Waals surface area contributed by atoms with Crippen LogP contribution >= 0.6 is 0 Å². The van der Waals surface area contributed by atoms with Gasteiger partial charge in [0.15, 0.2) is 0 Å². The minimum Gasteiger partial charge on any atom is -0.329 e.